The zero-order chi connectivity index (χ0) is 9.84. The smallest absolute Gasteiger partial charge is 0.306 e. The molecule has 1 N–H and O–H groups in total. The highest BCUT2D eigenvalue weighted by Crippen LogP contribution is 2.03. The van der Waals surface area contributed by atoms with Gasteiger partial charge in [-0.25, -0.2) is 4.98 Å². The zero-order valence-electron chi connectivity index (χ0n) is 7.17. The molecule has 0 amide bonds. The molecule has 0 aliphatic carbocycles. The van der Waals surface area contributed by atoms with Crippen molar-refractivity contribution in [3.8, 4) is 0 Å². The fourth-order valence-electron chi connectivity index (χ4n) is 0.924. The van der Waals surface area contributed by atoms with Crippen molar-refractivity contribution >= 4 is 5.97 Å². The number of carboxylic acid groups (broad SMARTS) is 1. The number of rotatable bonds is 3. The minimum Gasteiger partial charge on any atom is -0.619 e. The van der Waals surface area contributed by atoms with Gasteiger partial charge in [-0.2, -0.15) is 4.73 Å². The molecule has 70 valence electrons. The quantitative estimate of drug-likeness (QED) is 0.526. The second kappa shape index (κ2) is 3.84. The Balaban J connectivity index is 2.69. The maximum absolute atomic E-state index is 10.8. The second-order valence-corrected chi connectivity index (χ2v) is 2.85. The molecule has 13 heavy (non-hydrogen) atoms. The van der Waals surface area contributed by atoms with Crippen molar-refractivity contribution < 1.29 is 14.6 Å². The van der Waals surface area contributed by atoms with E-state index >= 15 is 0 Å². The summed E-state index contributed by atoms with van der Waals surface area (Å²) in [4.78, 5) is 14.4. The van der Waals surface area contributed by atoms with Gasteiger partial charge in [0.1, 0.15) is 5.69 Å². The van der Waals surface area contributed by atoms with Crippen LogP contribution in [0.5, 0.6) is 0 Å². The van der Waals surface area contributed by atoms with E-state index in [2.05, 4.69) is 4.98 Å². The molecule has 0 aliphatic heterocycles. The normalized spacial score (nSPS) is 12.4. The van der Waals surface area contributed by atoms with Crippen LogP contribution in [0.4, 0.5) is 0 Å². The molecule has 5 nitrogen and oxygen atoms in total. The molecule has 5 heteroatoms. The lowest BCUT2D eigenvalue weighted by Crippen LogP contribution is -2.26. The molecule has 0 radical (unpaired) electrons. The third-order valence-corrected chi connectivity index (χ3v) is 1.67. The molecule has 1 aromatic heterocycles. The van der Waals surface area contributed by atoms with Crippen molar-refractivity contribution in [1.82, 2.24) is 4.98 Å². The van der Waals surface area contributed by atoms with E-state index in [1.807, 2.05) is 0 Å². The second-order valence-electron chi connectivity index (χ2n) is 2.85. The van der Waals surface area contributed by atoms with Gasteiger partial charge in [0.2, 0.25) is 6.20 Å². The number of nitrogens with zero attached hydrogens (tertiary/aromatic N) is 2. The van der Waals surface area contributed by atoms with Crippen LogP contribution in [0.25, 0.3) is 0 Å². The fourth-order valence-corrected chi connectivity index (χ4v) is 0.924. The Hall–Kier alpha value is -1.65. The number of hydrogen-bond acceptors (Lipinski definition) is 3. The average molecular weight is 182 g/mol. The monoisotopic (exact) mass is 182 g/mol. The van der Waals surface area contributed by atoms with Crippen molar-refractivity contribution in [2.45, 2.75) is 13.3 Å². The molecule has 0 aromatic carbocycles. The van der Waals surface area contributed by atoms with Gasteiger partial charge in [0.25, 0.3) is 0 Å². The van der Waals surface area contributed by atoms with E-state index in [0.29, 0.717) is 10.4 Å². The largest absolute Gasteiger partial charge is 0.619 e. The Bertz CT molecular complexity index is 314. The molecule has 1 rings (SSSR count). The molecule has 1 aromatic rings. The minimum absolute atomic E-state index is 0.276. The summed E-state index contributed by atoms with van der Waals surface area (Å²) in [5.41, 5.74) is 0.493. The summed E-state index contributed by atoms with van der Waals surface area (Å²) < 4.78 is 0.608. The number of aromatic nitrogens is 2. The number of carboxylic acids is 1. The Morgan fingerprint density at radius 1 is 1.85 bits per heavy atom. The summed E-state index contributed by atoms with van der Waals surface area (Å²) >= 11 is 0. The molecule has 0 bridgehead atoms. The van der Waals surface area contributed by atoms with Crippen molar-refractivity contribution in [2.75, 3.05) is 0 Å². The number of aliphatic carboxylic acids is 1. The minimum atomic E-state index is -0.886. The first-order valence-electron chi connectivity index (χ1n) is 3.86. The summed E-state index contributed by atoms with van der Waals surface area (Å²) in [6, 6.07) is 0. The van der Waals surface area contributed by atoms with Crippen molar-refractivity contribution in [3.63, 3.8) is 0 Å². The third-order valence-electron chi connectivity index (χ3n) is 1.67. The first-order valence-corrected chi connectivity index (χ1v) is 3.86. The molecule has 1 atom stereocenters. The summed E-state index contributed by atoms with van der Waals surface area (Å²) in [6.45, 7) is 1.58. The highest BCUT2D eigenvalue weighted by molar-refractivity contribution is 5.69. The van der Waals surface area contributed by atoms with Crippen LogP contribution < -0.4 is 4.73 Å². The SMILES string of the molecule is CC(Cc1c[n+]([O-])ccn1)C(=O)O. The standard InChI is InChI=1S/C8H10N2O3/c1-6(8(11)12)4-7-5-10(13)3-2-9-7/h2-3,5-6H,4H2,1H3,(H,11,12). The van der Waals surface area contributed by atoms with Crippen LogP contribution in [0.15, 0.2) is 18.6 Å². The van der Waals surface area contributed by atoms with Gasteiger partial charge in [0.15, 0.2) is 6.20 Å². The Morgan fingerprint density at radius 2 is 2.54 bits per heavy atom. The van der Waals surface area contributed by atoms with Gasteiger partial charge in [-0.05, 0) is 0 Å². The Labute approximate surface area is 75.2 Å². The third kappa shape index (κ3) is 2.70. The lowest BCUT2D eigenvalue weighted by Gasteiger charge is -2.03. The van der Waals surface area contributed by atoms with Crippen LogP contribution in [-0.4, -0.2) is 16.1 Å². The van der Waals surface area contributed by atoms with Crippen molar-refractivity contribution in [2.24, 2.45) is 5.92 Å². The van der Waals surface area contributed by atoms with Crippen molar-refractivity contribution in [3.05, 3.63) is 29.5 Å². The lowest BCUT2D eigenvalue weighted by molar-refractivity contribution is -0.606. The highest BCUT2D eigenvalue weighted by atomic mass is 16.5. The Kier molecular flexibility index (Phi) is 2.79. The molecule has 1 heterocycles. The fraction of sp³-hybridized carbons (Fsp3) is 0.375. The topological polar surface area (TPSA) is 77.1 Å². The Morgan fingerprint density at radius 3 is 3.08 bits per heavy atom. The molecule has 1 unspecified atom stereocenters. The average Bonchev–Trinajstić information content (AvgIpc) is 2.04. The number of hydrogen-bond donors (Lipinski definition) is 1. The van der Waals surface area contributed by atoms with Gasteiger partial charge in [0.05, 0.1) is 12.1 Å². The lowest BCUT2D eigenvalue weighted by atomic mass is 10.1. The number of carbonyl (C=O) groups is 1. The van der Waals surface area contributed by atoms with E-state index < -0.39 is 11.9 Å². The van der Waals surface area contributed by atoms with Gasteiger partial charge in [-0.3, -0.25) is 4.79 Å². The van der Waals surface area contributed by atoms with Crippen LogP contribution in [0.2, 0.25) is 0 Å². The molecular weight excluding hydrogens is 172 g/mol. The van der Waals surface area contributed by atoms with Crippen LogP contribution in [0.1, 0.15) is 12.6 Å². The summed E-state index contributed by atoms with van der Waals surface area (Å²) in [6.07, 6.45) is 4.17. The van der Waals surface area contributed by atoms with E-state index in [4.69, 9.17) is 5.11 Å². The van der Waals surface area contributed by atoms with E-state index in [1.54, 1.807) is 6.92 Å². The maximum atomic E-state index is 10.8. The van der Waals surface area contributed by atoms with E-state index in [0.717, 1.165) is 0 Å². The van der Waals surface area contributed by atoms with E-state index in [-0.39, 0.29) is 6.42 Å². The van der Waals surface area contributed by atoms with Crippen LogP contribution in [0.3, 0.4) is 0 Å². The van der Waals surface area contributed by atoms with Crippen LogP contribution in [0, 0.1) is 11.1 Å². The van der Waals surface area contributed by atoms with Gasteiger partial charge >= 0.3 is 5.97 Å². The predicted molar refractivity (Wildman–Crippen MR) is 43.7 cm³/mol. The molecule has 0 saturated carbocycles. The van der Waals surface area contributed by atoms with Gasteiger partial charge < -0.3 is 10.3 Å². The zero-order valence-corrected chi connectivity index (χ0v) is 7.17. The highest BCUT2D eigenvalue weighted by Gasteiger charge is 2.13. The summed E-state index contributed by atoms with van der Waals surface area (Å²) in [5.74, 6) is -1.40. The van der Waals surface area contributed by atoms with Crippen LogP contribution in [-0.2, 0) is 11.2 Å². The van der Waals surface area contributed by atoms with Gasteiger partial charge in [-0.15, -0.1) is 0 Å². The van der Waals surface area contributed by atoms with Crippen molar-refractivity contribution in [1.29, 1.82) is 0 Å². The van der Waals surface area contributed by atoms with Crippen LogP contribution >= 0.6 is 0 Å². The van der Waals surface area contributed by atoms with E-state index in [1.165, 1.54) is 18.6 Å². The molecule has 0 aliphatic rings. The van der Waals surface area contributed by atoms with Gasteiger partial charge in [-0.1, -0.05) is 6.92 Å². The molecular formula is C8H10N2O3. The first kappa shape index (κ1) is 9.44. The van der Waals surface area contributed by atoms with Gasteiger partial charge in [0, 0.05) is 6.42 Å². The van der Waals surface area contributed by atoms with E-state index in [9.17, 15) is 10.0 Å². The summed E-state index contributed by atoms with van der Waals surface area (Å²) in [5, 5.41) is 19.4. The molecule has 0 saturated heterocycles. The maximum Gasteiger partial charge on any atom is 0.306 e. The summed E-state index contributed by atoms with van der Waals surface area (Å²) in [7, 11) is 0. The predicted octanol–water partition coefficient (Wildman–Crippen LogP) is -0.0218. The first-order chi connectivity index (χ1) is 6.09. The molecule has 0 spiro atoms. The molecule has 0 fully saturated rings.